The number of carbonyl (C=O) groups excluding carboxylic acids is 1. The lowest BCUT2D eigenvalue weighted by molar-refractivity contribution is 0.0600. The van der Waals surface area contributed by atoms with Gasteiger partial charge in [0.15, 0.2) is 0 Å². The predicted molar refractivity (Wildman–Crippen MR) is 84.1 cm³/mol. The molecular weight excluding hydrogens is 269 g/mol. The number of carbonyl (C=O) groups is 1. The number of hydrogen-bond donors (Lipinski definition) is 1. The smallest absolute Gasteiger partial charge is 0.337 e. The third-order valence-electron chi connectivity index (χ3n) is 3.26. The van der Waals surface area contributed by atoms with Crippen molar-refractivity contribution in [3.8, 4) is 0 Å². The Labute approximate surface area is 126 Å². The molecule has 21 heavy (non-hydrogen) atoms. The first-order valence-electron chi connectivity index (χ1n) is 7.47. The van der Waals surface area contributed by atoms with E-state index in [9.17, 15) is 9.18 Å². The van der Waals surface area contributed by atoms with E-state index < -0.39 is 5.97 Å². The third-order valence-corrected chi connectivity index (χ3v) is 3.26. The van der Waals surface area contributed by atoms with Gasteiger partial charge in [-0.1, -0.05) is 27.7 Å². The molecule has 0 aliphatic carbocycles. The lowest BCUT2D eigenvalue weighted by atomic mass is 9.95. The number of hydrogen-bond acceptors (Lipinski definition) is 3. The number of ether oxygens (including phenoxy) is 1. The summed E-state index contributed by atoms with van der Waals surface area (Å²) >= 11 is 0. The highest BCUT2D eigenvalue weighted by molar-refractivity contribution is 5.90. The summed E-state index contributed by atoms with van der Waals surface area (Å²) in [6.07, 6.45) is 1.92. The Balaban J connectivity index is 2.93. The van der Waals surface area contributed by atoms with Gasteiger partial charge >= 0.3 is 5.97 Å². The number of anilines is 1. The van der Waals surface area contributed by atoms with Gasteiger partial charge < -0.3 is 10.1 Å². The molecule has 1 N–H and O–H groups in total. The van der Waals surface area contributed by atoms with Gasteiger partial charge in [0, 0.05) is 6.04 Å². The van der Waals surface area contributed by atoms with Crippen molar-refractivity contribution in [1.82, 2.24) is 0 Å². The maximum atomic E-state index is 14.0. The fraction of sp³-hybridized carbons (Fsp3) is 0.588. The summed E-state index contributed by atoms with van der Waals surface area (Å²) in [5, 5.41) is 3.25. The lowest BCUT2D eigenvalue weighted by Gasteiger charge is -2.24. The Bertz CT molecular complexity index is 462. The van der Waals surface area contributed by atoms with E-state index in [0.717, 1.165) is 12.8 Å². The Morgan fingerprint density at radius 2 is 1.76 bits per heavy atom. The molecule has 0 bridgehead atoms. The molecule has 3 nitrogen and oxygen atoms in total. The molecule has 1 rings (SSSR count). The summed E-state index contributed by atoms with van der Waals surface area (Å²) in [5.41, 5.74) is 0.721. The van der Waals surface area contributed by atoms with Gasteiger partial charge in [-0.25, -0.2) is 9.18 Å². The van der Waals surface area contributed by atoms with E-state index in [2.05, 4.69) is 37.7 Å². The Kier molecular flexibility index (Phi) is 6.66. The first-order chi connectivity index (χ1) is 9.83. The summed E-state index contributed by atoms with van der Waals surface area (Å²) in [5.74, 6) is 0.240. The van der Waals surface area contributed by atoms with Crippen LogP contribution in [-0.4, -0.2) is 19.1 Å². The van der Waals surface area contributed by atoms with Gasteiger partial charge in [-0.2, -0.15) is 0 Å². The van der Waals surface area contributed by atoms with Gasteiger partial charge in [-0.15, -0.1) is 0 Å². The first-order valence-corrected chi connectivity index (χ1v) is 7.47. The van der Waals surface area contributed by atoms with Crippen LogP contribution in [0.2, 0.25) is 0 Å². The van der Waals surface area contributed by atoms with Gasteiger partial charge in [0.1, 0.15) is 5.82 Å². The van der Waals surface area contributed by atoms with E-state index in [4.69, 9.17) is 0 Å². The molecule has 0 heterocycles. The zero-order valence-corrected chi connectivity index (χ0v) is 13.6. The number of nitrogens with one attached hydrogen (secondary N) is 1. The summed E-state index contributed by atoms with van der Waals surface area (Å²) in [6.45, 7) is 8.60. The van der Waals surface area contributed by atoms with Crippen molar-refractivity contribution in [2.24, 2.45) is 11.8 Å². The second-order valence-corrected chi connectivity index (χ2v) is 6.29. The molecule has 0 amide bonds. The SMILES string of the molecule is COC(=O)c1ccc(F)c(NC(CC(C)C)CC(C)C)c1. The van der Waals surface area contributed by atoms with E-state index in [-0.39, 0.29) is 11.9 Å². The molecule has 0 aliphatic heterocycles. The van der Waals surface area contributed by atoms with Crippen LogP contribution in [0.4, 0.5) is 10.1 Å². The van der Waals surface area contributed by atoms with Crippen LogP contribution in [0.15, 0.2) is 18.2 Å². The highest BCUT2D eigenvalue weighted by Crippen LogP contribution is 2.22. The van der Waals surface area contributed by atoms with Crippen molar-refractivity contribution < 1.29 is 13.9 Å². The molecule has 1 aromatic rings. The van der Waals surface area contributed by atoms with E-state index in [1.54, 1.807) is 0 Å². The zero-order valence-electron chi connectivity index (χ0n) is 13.6. The van der Waals surface area contributed by atoms with Gasteiger partial charge in [-0.05, 0) is 42.9 Å². The minimum absolute atomic E-state index is 0.187. The molecule has 4 heteroatoms. The topological polar surface area (TPSA) is 38.3 Å². The standard InChI is InChI=1S/C17H26FNO2/c1-11(2)8-14(9-12(3)4)19-16-10-13(17(20)21-5)6-7-15(16)18/h6-7,10-12,14,19H,8-9H2,1-5H3. The Hall–Kier alpha value is -1.58. The maximum Gasteiger partial charge on any atom is 0.337 e. The number of halogens is 1. The fourth-order valence-corrected chi connectivity index (χ4v) is 2.45. The van der Waals surface area contributed by atoms with Gasteiger partial charge in [-0.3, -0.25) is 0 Å². The van der Waals surface area contributed by atoms with E-state index in [1.807, 2.05) is 0 Å². The molecule has 0 radical (unpaired) electrons. The van der Waals surface area contributed by atoms with Gasteiger partial charge in [0.05, 0.1) is 18.4 Å². The zero-order chi connectivity index (χ0) is 16.0. The van der Waals surface area contributed by atoms with Gasteiger partial charge in [0.2, 0.25) is 0 Å². The first kappa shape index (κ1) is 17.5. The normalized spacial score (nSPS) is 11.3. The minimum Gasteiger partial charge on any atom is -0.465 e. The van der Waals surface area contributed by atoms with Crippen molar-refractivity contribution >= 4 is 11.7 Å². The number of benzene rings is 1. The van der Waals surface area contributed by atoms with Gasteiger partial charge in [0.25, 0.3) is 0 Å². The van der Waals surface area contributed by atoms with Crippen LogP contribution in [0.5, 0.6) is 0 Å². The Morgan fingerprint density at radius 1 is 1.19 bits per heavy atom. The van der Waals surface area contributed by atoms with E-state index >= 15 is 0 Å². The van der Waals surface area contributed by atoms with Crippen molar-refractivity contribution in [2.75, 3.05) is 12.4 Å². The van der Waals surface area contributed by atoms with Crippen molar-refractivity contribution in [1.29, 1.82) is 0 Å². The second kappa shape index (κ2) is 8.01. The molecule has 118 valence electrons. The molecule has 1 aromatic carbocycles. The summed E-state index contributed by atoms with van der Waals surface area (Å²) in [6, 6.07) is 4.45. The monoisotopic (exact) mass is 295 g/mol. The summed E-state index contributed by atoms with van der Waals surface area (Å²) < 4.78 is 18.6. The second-order valence-electron chi connectivity index (χ2n) is 6.29. The fourth-order valence-electron chi connectivity index (χ4n) is 2.45. The average molecular weight is 295 g/mol. The van der Waals surface area contributed by atoms with Crippen LogP contribution in [0.3, 0.4) is 0 Å². The summed E-state index contributed by atoms with van der Waals surface area (Å²) in [4.78, 5) is 11.5. The van der Waals surface area contributed by atoms with Crippen LogP contribution in [-0.2, 0) is 4.74 Å². The van der Waals surface area contributed by atoms with Crippen LogP contribution in [0.25, 0.3) is 0 Å². The molecule has 0 atom stereocenters. The molecule has 0 saturated carbocycles. The molecule has 0 spiro atoms. The van der Waals surface area contributed by atoms with E-state index in [1.165, 1.54) is 25.3 Å². The lowest BCUT2D eigenvalue weighted by Crippen LogP contribution is -2.24. The molecule has 0 aromatic heterocycles. The maximum absolute atomic E-state index is 14.0. The van der Waals surface area contributed by atoms with E-state index in [0.29, 0.717) is 23.1 Å². The Morgan fingerprint density at radius 3 is 2.24 bits per heavy atom. The highest BCUT2D eigenvalue weighted by Gasteiger charge is 2.16. The number of methoxy groups -OCH3 is 1. The minimum atomic E-state index is -0.456. The average Bonchev–Trinajstić information content (AvgIpc) is 2.38. The molecule has 0 fully saturated rings. The van der Waals surface area contributed by atoms with Crippen molar-refractivity contribution in [3.05, 3.63) is 29.6 Å². The summed E-state index contributed by atoms with van der Waals surface area (Å²) in [7, 11) is 1.32. The van der Waals surface area contributed by atoms with Crippen molar-refractivity contribution in [3.63, 3.8) is 0 Å². The predicted octanol–water partition coefficient (Wildman–Crippen LogP) is 4.49. The number of esters is 1. The van der Waals surface area contributed by atoms with Crippen LogP contribution >= 0.6 is 0 Å². The quantitative estimate of drug-likeness (QED) is 0.753. The largest absolute Gasteiger partial charge is 0.465 e. The van der Waals surface area contributed by atoms with Crippen LogP contribution in [0.1, 0.15) is 50.9 Å². The number of rotatable bonds is 7. The molecule has 0 saturated heterocycles. The van der Waals surface area contributed by atoms with Crippen LogP contribution in [0, 0.1) is 17.7 Å². The van der Waals surface area contributed by atoms with Crippen LogP contribution < -0.4 is 5.32 Å². The molecule has 0 unspecified atom stereocenters. The molecular formula is C17H26FNO2. The molecule has 0 aliphatic rings. The third kappa shape index (κ3) is 5.74. The highest BCUT2D eigenvalue weighted by atomic mass is 19.1. The van der Waals surface area contributed by atoms with Crippen molar-refractivity contribution in [2.45, 2.75) is 46.6 Å².